The highest BCUT2D eigenvalue weighted by Crippen LogP contribution is 2.45. The third-order valence-corrected chi connectivity index (χ3v) is 6.17. The molecule has 3 atom stereocenters. The molecule has 22 heavy (non-hydrogen) atoms. The van der Waals surface area contributed by atoms with E-state index < -0.39 is 0 Å². The van der Waals surface area contributed by atoms with Crippen molar-refractivity contribution >= 4 is 5.71 Å². The van der Waals surface area contributed by atoms with Gasteiger partial charge in [0.1, 0.15) is 0 Å². The third-order valence-electron chi connectivity index (χ3n) is 6.17. The van der Waals surface area contributed by atoms with Crippen molar-refractivity contribution in [2.75, 3.05) is 13.1 Å². The Balaban J connectivity index is 1.36. The number of hydrogen-bond acceptors (Lipinski definition) is 3. The van der Waals surface area contributed by atoms with Gasteiger partial charge in [0.25, 0.3) is 0 Å². The lowest BCUT2D eigenvalue weighted by atomic mass is 9.86. The van der Waals surface area contributed by atoms with Gasteiger partial charge < -0.3 is 5.21 Å². The van der Waals surface area contributed by atoms with Gasteiger partial charge in [-0.1, -0.05) is 35.5 Å². The summed E-state index contributed by atoms with van der Waals surface area (Å²) in [5.74, 6) is 2.13. The summed E-state index contributed by atoms with van der Waals surface area (Å²) in [6, 6.07) is 11.3. The van der Waals surface area contributed by atoms with Crippen molar-refractivity contribution in [1.29, 1.82) is 0 Å². The van der Waals surface area contributed by atoms with Gasteiger partial charge in [0.2, 0.25) is 0 Å². The van der Waals surface area contributed by atoms with Crippen LogP contribution in [0.15, 0.2) is 35.5 Å². The monoisotopic (exact) mass is 298 g/mol. The first kappa shape index (κ1) is 14.3. The molecular formula is C19H26N2O. The Bertz CT molecular complexity index is 534. The highest BCUT2D eigenvalue weighted by Gasteiger charge is 2.48. The number of likely N-dealkylation sites (tertiary alicyclic amines) is 1. The Kier molecular flexibility index (Phi) is 3.91. The van der Waals surface area contributed by atoms with Gasteiger partial charge in [-0.2, -0.15) is 0 Å². The molecule has 1 saturated heterocycles. The summed E-state index contributed by atoms with van der Waals surface area (Å²) >= 11 is 0. The second kappa shape index (κ2) is 6.04. The van der Waals surface area contributed by atoms with E-state index in [4.69, 9.17) is 0 Å². The highest BCUT2D eigenvalue weighted by atomic mass is 16.4. The van der Waals surface area contributed by atoms with Gasteiger partial charge in [0, 0.05) is 5.92 Å². The van der Waals surface area contributed by atoms with Gasteiger partial charge in [-0.15, -0.1) is 0 Å². The molecule has 2 saturated carbocycles. The molecule has 1 heterocycles. The molecule has 3 fully saturated rings. The van der Waals surface area contributed by atoms with Crippen LogP contribution in [0, 0.1) is 17.8 Å². The summed E-state index contributed by atoms with van der Waals surface area (Å²) < 4.78 is 0. The van der Waals surface area contributed by atoms with E-state index in [0.717, 1.165) is 17.5 Å². The highest BCUT2D eigenvalue weighted by molar-refractivity contribution is 5.94. The second-order valence-corrected chi connectivity index (χ2v) is 7.41. The quantitative estimate of drug-likeness (QED) is 0.684. The molecule has 0 radical (unpaired) electrons. The zero-order chi connectivity index (χ0) is 14.9. The van der Waals surface area contributed by atoms with E-state index in [1.807, 2.05) is 0 Å². The predicted octanol–water partition coefficient (Wildman–Crippen LogP) is 3.57. The fraction of sp³-hybridized carbons (Fsp3) is 0.632. The average Bonchev–Trinajstić information content (AvgIpc) is 3.17. The first-order chi connectivity index (χ1) is 10.8. The number of oxime groups is 1. The number of nitrogens with zero attached hydrogens (tertiary/aromatic N) is 2. The zero-order valence-corrected chi connectivity index (χ0v) is 13.2. The molecule has 2 aliphatic carbocycles. The van der Waals surface area contributed by atoms with E-state index in [1.54, 1.807) is 0 Å². The van der Waals surface area contributed by atoms with Crippen molar-refractivity contribution in [3.63, 3.8) is 0 Å². The first-order valence-corrected chi connectivity index (χ1v) is 8.85. The molecule has 1 aromatic carbocycles. The van der Waals surface area contributed by atoms with Crippen LogP contribution in [0.5, 0.6) is 0 Å². The lowest BCUT2D eigenvalue weighted by molar-refractivity contribution is 0.133. The zero-order valence-electron chi connectivity index (χ0n) is 13.2. The minimum Gasteiger partial charge on any atom is -0.411 e. The molecule has 1 aliphatic heterocycles. The number of rotatable bonds is 3. The van der Waals surface area contributed by atoms with Crippen LogP contribution in [0.1, 0.15) is 37.7 Å². The van der Waals surface area contributed by atoms with E-state index in [1.165, 1.54) is 57.2 Å². The van der Waals surface area contributed by atoms with Gasteiger partial charge in [-0.05, 0) is 69.0 Å². The molecule has 4 rings (SSSR count). The fourth-order valence-electron chi connectivity index (χ4n) is 5.06. The van der Waals surface area contributed by atoms with Crippen LogP contribution in [0.2, 0.25) is 0 Å². The van der Waals surface area contributed by atoms with Crippen LogP contribution in [-0.4, -0.2) is 35.0 Å². The summed E-state index contributed by atoms with van der Waals surface area (Å²) in [5.41, 5.74) is 2.57. The average molecular weight is 298 g/mol. The Hall–Kier alpha value is -1.35. The Morgan fingerprint density at radius 2 is 1.82 bits per heavy atom. The Morgan fingerprint density at radius 1 is 1.05 bits per heavy atom. The van der Waals surface area contributed by atoms with Crippen molar-refractivity contribution in [3.05, 3.63) is 35.9 Å². The normalized spacial score (nSPS) is 34.5. The molecule has 1 N–H and O–H groups in total. The van der Waals surface area contributed by atoms with Crippen LogP contribution in [0.4, 0.5) is 0 Å². The summed E-state index contributed by atoms with van der Waals surface area (Å²) in [6.45, 7) is 2.34. The topological polar surface area (TPSA) is 35.8 Å². The van der Waals surface area contributed by atoms with E-state index in [-0.39, 0.29) is 0 Å². The van der Waals surface area contributed by atoms with Crippen LogP contribution in [-0.2, 0) is 6.42 Å². The molecular weight excluding hydrogens is 272 g/mol. The molecule has 0 aromatic heterocycles. The second-order valence-electron chi connectivity index (χ2n) is 7.41. The minimum absolute atomic E-state index is 0.446. The summed E-state index contributed by atoms with van der Waals surface area (Å²) in [5, 5.41) is 13.1. The van der Waals surface area contributed by atoms with Crippen molar-refractivity contribution in [1.82, 2.24) is 4.90 Å². The van der Waals surface area contributed by atoms with Crippen molar-refractivity contribution in [2.45, 2.75) is 44.6 Å². The number of hydrogen-bond donors (Lipinski definition) is 1. The predicted molar refractivity (Wildman–Crippen MR) is 88.3 cm³/mol. The maximum Gasteiger partial charge on any atom is 0.0775 e. The van der Waals surface area contributed by atoms with Crippen LogP contribution in [0.25, 0.3) is 0 Å². The maximum absolute atomic E-state index is 9.40. The van der Waals surface area contributed by atoms with Crippen LogP contribution in [0.3, 0.4) is 0 Å². The van der Waals surface area contributed by atoms with Gasteiger partial charge in [-0.3, -0.25) is 4.90 Å². The molecule has 3 nitrogen and oxygen atoms in total. The lowest BCUT2D eigenvalue weighted by Gasteiger charge is -2.39. The molecule has 2 bridgehead atoms. The van der Waals surface area contributed by atoms with E-state index in [0.29, 0.717) is 12.0 Å². The lowest BCUT2D eigenvalue weighted by Crippen LogP contribution is -2.48. The first-order valence-electron chi connectivity index (χ1n) is 8.85. The Morgan fingerprint density at radius 3 is 2.55 bits per heavy atom. The van der Waals surface area contributed by atoms with Gasteiger partial charge in [0.05, 0.1) is 11.8 Å². The molecule has 118 valence electrons. The standard InChI is InChI=1S/C19H26N2O/c22-20-18-16-6-7-17(13-16)19(18)21-10-8-15(9-11-21)12-14-4-2-1-3-5-14/h1-5,15-17,19,22H,6-13H2/b20-18+/t16-,17-,19-/m0/s1. The van der Waals surface area contributed by atoms with Crippen molar-refractivity contribution in [3.8, 4) is 0 Å². The smallest absolute Gasteiger partial charge is 0.0775 e. The summed E-state index contributed by atoms with van der Waals surface area (Å²) in [7, 11) is 0. The molecule has 0 spiro atoms. The van der Waals surface area contributed by atoms with E-state index >= 15 is 0 Å². The largest absolute Gasteiger partial charge is 0.411 e. The van der Waals surface area contributed by atoms with Gasteiger partial charge in [-0.25, -0.2) is 0 Å². The summed E-state index contributed by atoms with van der Waals surface area (Å²) in [4.78, 5) is 2.61. The minimum atomic E-state index is 0.446. The van der Waals surface area contributed by atoms with Gasteiger partial charge in [0.15, 0.2) is 0 Å². The van der Waals surface area contributed by atoms with E-state index in [9.17, 15) is 5.21 Å². The van der Waals surface area contributed by atoms with Crippen molar-refractivity contribution in [2.24, 2.45) is 22.9 Å². The SMILES string of the molecule is O/N=C1\[C@H]2CC[C@@H](C2)[C@@H]1N1CCC(Cc2ccccc2)CC1. The van der Waals surface area contributed by atoms with Crippen LogP contribution < -0.4 is 0 Å². The molecule has 3 aliphatic rings. The van der Waals surface area contributed by atoms with E-state index in [2.05, 4.69) is 40.4 Å². The maximum atomic E-state index is 9.40. The van der Waals surface area contributed by atoms with Gasteiger partial charge >= 0.3 is 0 Å². The van der Waals surface area contributed by atoms with Crippen molar-refractivity contribution < 1.29 is 5.21 Å². The van der Waals surface area contributed by atoms with Crippen LogP contribution >= 0.6 is 0 Å². The number of fused-ring (bicyclic) bond motifs is 2. The number of benzene rings is 1. The molecule has 0 amide bonds. The Labute approximate surface area is 133 Å². The third kappa shape index (κ3) is 2.56. The fourth-order valence-corrected chi connectivity index (χ4v) is 5.06. The number of piperidine rings is 1. The molecule has 3 heteroatoms. The molecule has 1 aromatic rings. The summed E-state index contributed by atoms with van der Waals surface area (Å²) in [6.07, 6.45) is 7.60. The molecule has 0 unspecified atom stereocenters.